The van der Waals surface area contributed by atoms with E-state index in [4.69, 9.17) is 11.1 Å². The molecule has 1 atom stereocenters. The van der Waals surface area contributed by atoms with E-state index in [1.54, 1.807) is 0 Å². The summed E-state index contributed by atoms with van der Waals surface area (Å²) in [5.74, 6) is 1.00. The molecular weight excluding hydrogens is 246 g/mol. The van der Waals surface area contributed by atoms with Gasteiger partial charge < -0.3 is 10.6 Å². The highest BCUT2D eigenvalue weighted by Gasteiger charge is 2.19. The van der Waals surface area contributed by atoms with Crippen molar-refractivity contribution < 1.29 is 0 Å². The summed E-state index contributed by atoms with van der Waals surface area (Å²) in [6.45, 7) is 9.63. The van der Waals surface area contributed by atoms with Crippen LogP contribution in [-0.4, -0.2) is 30.4 Å². The van der Waals surface area contributed by atoms with Crippen LogP contribution in [0.5, 0.6) is 0 Å². The highest BCUT2D eigenvalue weighted by molar-refractivity contribution is 5.84. The summed E-state index contributed by atoms with van der Waals surface area (Å²) in [5, 5.41) is 7.88. The van der Waals surface area contributed by atoms with E-state index >= 15 is 0 Å². The van der Waals surface area contributed by atoms with Crippen LogP contribution in [0.25, 0.3) is 0 Å². The Labute approximate surface area is 123 Å². The number of nitrogens with one attached hydrogen (secondary N) is 1. The second-order valence-electron chi connectivity index (χ2n) is 5.45. The van der Waals surface area contributed by atoms with E-state index in [2.05, 4.69) is 37.8 Å². The minimum atomic E-state index is 0.00510. The van der Waals surface area contributed by atoms with E-state index in [-0.39, 0.29) is 11.8 Å². The van der Waals surface area contributed by atoms with Crippen LogP contribution in [0, 0.1) is 11.3 Å². The maximum absolute atomic E-state index is 7.88. The Morgan fingerprint density at radius 1 is 1.10 bits per heavy atom. The summed E-state index contributed by atoms with van der Waals surface area (Å²) in [6, 6.07) is 10.2. The summed E-state index contributed by atoms with van der Waals surface area (Å²) >= 11 is 0. The normalized spacial score (nSPS) is 12.8. The lowest BCUT2D eigenvalue weighted by Gasteiger charge is -2.29. The SMILES string of the molecule is CCC(CC)CN(CC)CC(C(=N)N)c1ccccc1. The van der Waals surface area contributed by atoms with E-state index in [0.29, 0.717) is 0 Å². The average Bonchev–Trinajstić information content (AvgIpc) is 2.48. The predicted molar refractivity (Wildman–Crippen MR) is 87.3 cm³/mol. The molecule has 0 fully saturated rings. The molecule has 0 saturated carbocycles. The number of nitrogens with zero attached hydrogens (tertiary/aromatic N) is 1. The van der Waals surface area contributed by atoms with Gasteiger partial charge in [-0.15, -0.1) is 0 Å². The Morgan fingerprint density at radius 3 is 2.15 bits per heavy atom. The first-order chi connectivity index (χ1) is 9.62. The van der Waals surface area contributed by atoms with E-state index in [0.717, 1.165) is 31.1 Å². The molecular formula is C17H29N3. The first-order valence-electron chi connectivity index (χ1n) is 7.73. The molecule has 0 amide bonds. The Hall–Kier alpha value is -1.35. The van der Waals surface area contributed by atoms with E-state index in [1.807, 2.05) is 18.2 Å². The van der Waals surface area contributed by atoms with Gasteiger partial charge in [-0.05, 0) is 18.0 Å². The van der Waals surface area contributed by atoms with Crippen LogP contribution >= 0.6 is 0 Å². The average molecular weight is 275 g/mol. The van der Waals surface area contributed by atoms with Crippen molar-refractivity contribution in [3.63, 3.8) is 0 Å². The third-order valence-corrected chi connectivity index (χ3v) is 4.14. The molecule has 112 valence electrons. The molecule has 0 aliphatic rings. The van der Waals surface area contributed by atoms with E-state index in [9.17, 15) is 0 Å². The van der Waals surface area contributed by atoms with Crippen molar-refractivity contribution in [1.82, 2.24) is 4.90 Å². The summed E-state index contributed by atoms with van der Waals surface area (Å²) in [5.41, 5.74) is 6.97. The largest absolute Gasteiger partial charge is 0.387 e. The van der Waals surface area contributed by atoms with Crippen LogP contribution in [0.15, 0.2) is 30.3 Å². The maximum Gasteiger partial charge on any atom is 0.0995 e. The lowest BCUT2D eigenvalue weighted by Crippen LogP contribution is -2.37. The van der Waals surface area contributed by atoms with Gasteiger partial charge in [-0.3, -0.25) is 5.41 Å². The zero-order valence-electron chi connectivity index (χ0n) is 13.1. The number of hydrogen-bond acceptors (Lipinski definition) is 2. The minimum Gasteiger partial charge on any atom is -0.387 e. The van der Waals surface area contributed by atoms with Crippen molar-refractivity contribution in [3.05, 3.63) is 35.9 Å². The highest BCUT2D eigenvalue weighted by Crippen LogP contribution is 2.18. The Morgan fingerprint density at radius 2 is 1.70 bits per heavy atom. The molecule has 3 N–H and O–H groups in total. The number of benzene rings is 1. The van der Waals surface area contributed by atoms with Crippen molar-refractivity contribution in [2.45, 2.75) is 39.5 Å². The van der Waals surface area contributed by atoms with Crippen molar-refractivity contribution in [3.8, 4) is 0 Å². The van der Waals surface area contributed by atoms with Crippen molar-refractivity contribution in [2.24, 2.45) is 11.7 Å². The third-order valence-electron chi connectivity index (χ3n) is 4.14. The van der Waals surface area contributed by atoms with E-state index in [1.165, 1.54) is 12.8 Å². The van der Waals surface area contributed by atoms with Gasteiger partial charge in [0.25, 0.3) is 0 Å². The summed E-state index contributed by atoms with van der Waals surface area (Å²) in [4.78, 5) is 2.43. The van der Waals surface area contributed by atoms with Gasteiger partial charge in [-0.2, -0.15) is 0 Å². The van der Waals surface area contributed by atoms with Gasteiger partial charge in [0, 0.05) is 13.1 Å². The fourth-order valence-electron chi connectivity index (χ4n) is 2.57. The minimum absolute atomic E-state index is 0.00510. The highest BCUT2D eigenvalue weighted by atomic mass is 15.1. The Kier molecular flexibility index (Phi) is 7.31. The lowest BCUT2D eigenvalue weighted by atomic mass is 9.96. The Balaban J connectivity index is 2.75. The molecule has 1 rings (SSSR count). The molecule has 0 aliphatic carbocycles. The zero-order chi connectivity index (χ0) is 15.0. The summed E-state index contributed by atoms with van der Waals surface area (Å²) in [6.07, 6.45) is 2.42. The first kappa shape index (κ1) is 16.7. The van der Waals surface area contributed by atoms with Gasteiger partial charge in [0.15, 0.2) is 0 Å². The standard InChI is InChI=1S/C17H29N3/c1-4-14(5-2)12-20(6-3)13-16(17(18)19)15-10-8-7-9-11-15/h7-11,14,16H,4-6,12-13H2,1-3H3,(H3,18,19). The van der Waals surface area contributed by atoms with E-state index < -0.39 is 0 Å². The molecule has 1 aromatic rings. The molecule has 20 heavy (non-hydrogen) atoms. The molecule has 0 radical (unpaired) electrons. The lowest BCUT2D eigenvalue weighted by molar-refractivity contribution is 0.231. The van der Waals surface area contributed by atoms with Crippen LogP contribution in [0.1, 0.15) is 45.1 Å². The molecule has 1 unspecified atom stereocenters. The molecule has 1 aromatic carbocycles. The molecule has 3 heteroatoms. The molecule has 0 aromatic heterocycles. The molecule has 0 heterocycles. The molecule has 0 saturated heterocycles. The third kappa shape index (κ3) is 4.97. The second-order valence-corrected chi connectivity index (χ2v) is 5.45. The fourth-order valence-corrected chi connectivity index (χ4v) is 2.57. The van der Waals surface area contributed by atoms with Gasteiger partial charge in [0.2, 0.25) is 0 Å². The fraction of sp³-hybridized carbons (Fsp3) is 0.588. The molecule has 3 nitrogen and oxygen atoms in total. The number of amidine groups is 1. The quantitative estimate of drug-likeness (QED) is 0.535. The second kappa shape index (κ2) is 8.75. The topological polar surface area (TPSA) is 53.1 Å². The Bertz CT molecular complexity index is 384. The van der Waals surface area contributed by atoms with Gasteiger partial charge in [-0.1, -0.05) is 63.9 Å². The van der Waals surface area contributed by atoms with Gasteiger partial charge in [0.1, 0.15) is 0 Å². The number of hydrogen-bond donors (Lipinski definition) is 2. The predicted octanol–water partition coefficient (Wildman–Crippen LogP) is 3.46. The van der Waals surface area contributed by atoms with Crippen molar-refractivity contribution in [2.75, 3.05) is 19.6 Å². The number of nitrogens with two attached hydrogens (primary N) is 1. The van der Waals surface area contributed by atoms with Crippen molar-refractivity contribution in [1.29, 1.82) is 5.41 Å². The van der Waals surface area contributed by atoms with Gasteiger partial charge >= 0.3 is 0 Å². The van der Waals surface area contributed by atoms with Crippen LogP contribution in [0.3, 0.4) is 0 Å². The van der Waals surface area contributed by atoms with Gasteiger partial charge in [0.05, 0.1) is 11.8 Å². The molecule has 0 aliphatic heterocycles. The van der Waals surface area contributed by atoms with Crippen molar-refractivity contribution >= 4 is 5.84 Å². The monoisotopic (exact) mass is 275 g/mol. The number of likely N-dealkylation sites (N-methyl/N-ethyl adjacent to an activating group) is 1. The summed E-state index contributed by atoms with van der Waals surface area (Å²) < 4.78 is 0. The number of rotatable bonds is 9. The maximum atomic E-state index is 7.88. The molecule has 0 bridgehead atoms. The zero-order valence-corrected chi connectivity index (χ0v) is 13.1. The van der Waals surface area contributed by atoms with Gasteiger partial charge in [-0.25, -0.2) is 0 Å². The summed E-state index contributed by atoms with van der Waals surface area (Å²) in [7, 11) is 0. The smallest absolute Gasteiger partial charge is 0.0995 e. The van der Waals surface area contributed by atoms with Crippen LogP contribution in [0.2, 0.25) is 0 Å². The van der Waals surface area contributed by atoms with Crippen LogP contribution < -0.4 is 5.73 Å². The van der Waals surface area contributed by atoms with Crippen LogP contribution in [-0.2, 0) is 0 Å². The first-order valence-corrected chi connectivity index (χ1v) is 7.73. The van der Waals surface area contributed by atoms with Crippen LogP contribution in [0.4, 0.5) is 0 Å². The molecule has 0 spiro atoms.